The molecular weight excluding hydrogens is 244 g/mol. The smallest absolute Gasteiger partial charge is 0.113 e. The van der Waals surface area contributed by atoms with Crippen LogP contribution in [0.4, 0.5) is 0 Å². The average molecular weight is 266 g/mol. The zero-order valence-electron chi connectivity index (χ0n) is 11.3. The van der Waals surface area contributed by atoms with Crippen LogP contribution < -0.4 is 5.32 Å². The van der Waals surface area contributed by atoms with Crippen molar-refractivity contribution >= 4 is 11.3 Å². The second-order valence-electron chi connectivity index (χ2n) is 5.49. The van der Waals surface area contributed by atoms with E-state index in [0.29, 0.717) is 0 Å². The minimum absolute atomic E-state index is 0.0995. The van der Waals surface area contributed by atoms with Gasteiger partial charge in [0.1, 0.15) is 5.01 Å². The van der Waals surface area contributed by atoms with E-state index in [0.717, 1.165) is 38.5 Å². The Hall–Kier alpha value is -0.450. The Labute approximate surface area is 113 Å². The first-order chi connectivity index (χ1) is 8.73. The summed E-state index contributed by atoms with van der Waals surface area (Å²) in [6.07, 6.45) is 5.83. The van der Waals surface area contributed by atoms with E-state index in [1.54, 1.807) is 0 Å². The lowest BCUT2D eigenvalue weighted by Gasteiger charge is -2.36. The van der Waals surface area contributed by atoms with E-state index in [-0.39, 0.29) is 5.54 Å². The average Bonchev–Trinajstić information content (AvgIpc) is 3.10. The van der Waals surface area contributed by atoms with Crippen molar-refractivity contribution in [2.24, 2.45) is 0 Å². The second-order valence-corrected chi connectivity index (χ2v) is 6.69. The molecule has 0 aromatic carbocycles. The van der Waals surface area contributed by atoms with Crippen LogP contribution in [-0.2, 0) is 16.7 Å². The van der Waals surface area contributed by atoms with Gasteiger partial charge in [-0.1, -0.05) is 6.92 Å². The van der Waals surface area contributed by atoms with Gasteiger partial charge in [0.25, 0.3) is 0 Å². The SMILES string of the molecule is CCc1nc(C2(NC3CC3)CCOCC2)sc1C. The lowest BCUT2D eigenvalue weighted by Crippen LogP contribution is -2.47. The summed E-state index contributed by atoms with van der Waals surface area (Å²) in [6.45, 7) is 6.11. The van der Waals surface area contributed by atoms with Crippen LogP contribution in [0.1, 0.15) is 48.2 Å². The predicted molar refractivity (Wildman–Crippen MR) is 74.1 cm³/mol. The zero-order valence-corrected chi connectivity index (χ0v) is 12.1. The topological polar surface area (TPSA) is 34.2 Å². The molecule has 3 rings (SSSR count). The molecule has 3 nitrogen and oxygen atoms in total. The third-order valence-electron chi connectivity index (χ3n) is 4.04. The molecule has 1 aliphatic heterocycles. The van der Waals surface area contributed by atoms with Crippen LogP contribution in [-0.4, -0.2) is 24.2 Å². The fourth-order valence-corrected chi connectivity index (χ4v) is 3.93. The highest BCUT2D eigenvalue weighted by Crippen LogP contribution is 2.38. The van der Waals surface area contributed by atoms with Crippen LogP contribution in [0.3, 0.4) is 0 Å². The maximum absolute atomic E-state index is 5.55. The number of ether oxygens (including phenoxy) is 1. The van der Waals surface area contributed by atoms with Gasteiger partial charge in [-0.3, -0.25) is 0 Å². The van der Waals surface area contributed by atoms with Crippen molar-refractivity contribution in [2.75, 3.05) is 13.2 Å². The molecule has 0 amide bonds. The van der Waals surface area contributed by atoms with Gasteiger partial charge in [-0.15, -0.1) is 11.3 Å². The first-order valence-corrected chi connectivity index (χ1v) is 7.87. The van der Waals surface area contributed by atoms with E-state index in [4.69, 9.17) is 9.72 Å². The summed E-state index contributed by atoms with van der Waals surface area (Å²) in [7, 11) is 0. The lowest BCUT2D eigenvalue weighted by molar-refractivity contribution is 0.0356. The van der Waals surface area contributed by atoms with Crippen LogP contribution in [0.5, 0.6) is 0 Å². The predicted octanol–water partition coefficient (Wildman–Crippen LogP) is 2.77. The maximum atomic E-state index is 5.55. The van der Waals surface area contributed by atoms with E-state index in [1.165, 1.54) is 28.4 Å². The minimum atomic E-state index is 0.0995. The van der Waals surface area contributed by atoms with E-state index < -0.39 is 0 Å². The molecule has 2 fully saturated rings. The fraction of sp³-hybridized carbons (Fsp3) is 0.786. The third-order valence-corrected chi connectivity index (χ3v) is 5.26. The molecule has 0 atom stereocenters. The molecule has 1 aromatic heterocycles. The third kappa shape index (κ3) is 2.33. The van der Waals surface area contributed by atoms with Gasteiger partial charge < -0.3 is 10.1 Å². The molecule has 1 saturated carbocycles. The van der Waals surface area contributed by atoms with Crippen molar-refractivity contribution in [3.8, 4) is 0 Å². The first kappa shape index (κ1) is 12.6. The standard InChI is InChI=1S/C14H22N2OS/c1-3-12-10(2)18-13(15-12)14(16-11-4-5-11)6-8-17-9-7-14/h11,16H,3-9H2,1-2H3. The number of hydrogen-bond acceptors (Lipinski definition) is 4. The highest BCUT2D eigenvalue weighted by molar-refractivity contribution is 7.11. The number of rotatable bonds is 4. The molecule has 2 heterocycles. The molecule has 1 aromatic rings. The highest BCUT2D eigenvalue weighted by Gasteiger charge is 2.41. The van der Waals surface area contributed by atoms with Gasteiger partial charge in [-0.2, -0.15) is 0 Å². The molecule has 1 aliphatic carbocycles. The van der Waals surface area contributed by atoms with Crippen molar-refractivity contribution in [1.29, 1.82) is 0 Å². The summed E-state index contributed by atoms with van der Waals surface area (Å²) in [5.41, 5.74) is 1.38. The summed E-state index contributed by atoms with van der Waals surface area (Å²) in [6, 6.07) is 0.720. The van der Waals surface area contributed by atoms with Crippen LogP contribution >= 0.6 is 11.3 Å². The maximum Gasteiger partial charge on any atom is 0.113 e. The minimum Gasteiger partial charge on any atom is -0.381 e. The summed E-state index contributed by atoms with van der Waals surface area (Å²) < 4.78 is 5.55. The Morgan fingerprint density at radius 2 is 2.11 bits per heavy atom. The molecule has 0 spiro atoms. The summed E-state index contributed by atoms with van der Waals surface area (Å²) in [5, 5.41) is 5.15. The van der Waals surface area contributed by atoms with Crippen molar-refractivity contribution in [1.82, 2.24) is 10.3 Å². The summed E-state index contributed by atoms with van der Waals surface area (Å²) in [4.78, 5) is 6.29. The number of aromatic nitrogens is 1. The number of aryl methyl sites for hydroxylation is 2. The lowest BCUT2D eigenvalue weighted by atomic mass is 9.90. The molecule has 18 heavy (non-hydrogen) atoms. The monoisotopic (exact) mass is 266 g/mol. The molecule has 2 aliphatic rings. The van der Waals surface area contributed by atoms with Gasteiger partial charge in [-0.25, -0.2) is 4.98 Å². The Morgan fingerprint density at radius 3 is 2.67 bits per heavy atom. The number of hydrogen-bond donors (Lipinski definition) is 1. The zero-order chi connectivity index (χ0) is 12.6. The summed E-state index contributed by atoms with van der Waals surface area (Å²) >= 11 is 1.88. The molecule has 0 radical (unpaired) electrons. The van der Waals surface area contributed by atoms with Crippen LogP contribution in [0.25, 0.3) is 0 Å². The highest BCUT2D eigenvalue weighted by atomic mass is 32.1. The largest absolute Gasteiger partial charge is 0.381 e. The normalized spacial score (nSPS) is 23.2. The number of thiazole rings is 1. The van der Waals surface area contributed by atoms with Crippen molar-refractivity contribution < 1.29 is 4.74 Å². The molecule has 100 valence electrons. The van der Waals surface area contributed by atoms with Gasteiger partial charge in [0, 0.05) is 24.1 Å². The fourth-order valence-electron chi connectivity index (χ4n) is 2.72. The Bertz CT molecular complexity index is 419. The van der Waals surface area contributed by atoms with Gasteiger partial charge >= 0.3 is 0 Å². The van der Waals surface area contributed by atoms with E-state index in [9.17, 15) is 0 Å². The van der Waals surface area contributed by atoms with Gasteiger partial charge in [0.2, 0.25) is 0 Å². The van der Waals surface area contributed by atoms with Crippen molar-refractivity contribution in [3.63, 3.8) is 0 Å². The quantitative estimate of drug-likeness (QED) is 0.910. The van der Waals surface area contributed by atoms with Crippen molar-refractivity contribution in [2.45, 2.75) is 57.5 Å². The number of nitrogens with one attached hydrogen (secondary N) is 1. The summed E-state index contributed by atoms with van der Waals surface area (Å²) in [5.74, 6) is 0. The van der Waals surface area contributed by atoms with Gasteiger partial charge in [0.15, 0.2) is 0 Å². The van der Waals surface area contributed by atoms with Crippen LogP contribution in [0.2, 0.25) is 0 Å². The molecule has 0 bridgehead atoms. The Kier molecular flexibility index (Phi) is 3.43. The Balaban J connectivity index is 1.90. The van der Waals surface area contributed by atoms with Crippen LogP contribution in [0.15, 0.2) is 0 Å². The Morgan fingerprint density at radius 1 is 1.39 bits per heavy atom. The van der Waals surface area contributed by atoms with Crippen molar-refractivity contribution in [3.05, 3.63) is 15.6 Å². The number of nitrogens with zero attached hydrogens (tertiary/aromatic N) is 1. The molecular formula is C14H22N2OS. The second kappa shape index (κ2) is 4.91. The van der Waals surface area contributed by atoms with Gasteiger partial charge in [0.05, 0.1) is 11.2 Å². The van der Waals surface area contributed by atoms with Crippen LogP contribution in [0, 0.1) is 6.92 Å². The molecule has 4 heteroatoms. The molecule has 1 saturated heterocycles. The van der Waals surface area contributed by atoms with E-state index in [2.05, 4.69) is 19.2 Å². The van der Waals surface area contributed by atoms with Gasteiger partial charge in [-0.05, 0) is 39.0 Å². The molecule has 1 N–H and O–H groups in total. The first-order valence-electron chi connectivity index (χ1n) is 7.06. The van der Waals surface area contributed by atoms with E-state index >= 15 is 0 Å². The molecule has 0 unspecified atom stereocenters. The van der Waals surface area contributed by atoms with E-state index in [1.807, 2.05) is 11.3 Å².